The maximum absolute atomic E-state index is 11.5. The number of hydrogen-bond donors (Lipinski definition) is 0. The number of hydrogen-bond acceptors (Lipinski definition) is 8. The Balaban J connectivity index is 2.01. The van der Waals surface area contributed by atoms with Crippen molar-refractivity contribution in [1.29, 1.82) is 0 Å². The van der Waals surface area contributed by atoms with Gasteiger partial charge in [-0.1, -0.05) is 0 Å². The summed E-state index contributed by atoms with van der Waals surface area (Å²) in [6.45, 7) is 3.90. The summed E-state index contributed by atoms with van der Waals surface area (Å²) in [7, 11) is -0.924. The van der Waals surface area contributed by atoms with Gasteiger partial charge < -0.3 is 23.7 Å². The Morgan fingerprint density at radius 3 is 1.68 bits per heavy atom. The molecule has 0 atom stereocenters. The molecule has 144 valence electrons. The van der Waals surface area contributed by atoms with E-state index >= 15 is 0 Å². The molecular formula is C16H26O8S. The van der Waals surface area contributed by atoms with E-state index < -0.39 is 10.1 Å². The molecule has 0 bridgehead atoms. The van der Waals surface area contributed by atoms with Crippen molar-refractivity contribution >= 4 is 10.1 Å². The molecule has 8 nitrogen and oxygen atoms in total. The summed E-state index contributed by atoms with van der Waals surface area (Å²) in [5, 5.41) is 0. The molecule has 1 aromatic carbocycles. The zero-order chi connectivity index (χ0) is 18.4. The van der Waals surface area contributed by atoms with Crippen molar-refractivity contribution < 1.29 is 36.3 Å². The van der Waals surface area contributed by atoms with Gasteiger partial charge in [0.25, 0.3) is 10.1 Å². The van der Waals surface area contributed by atoms with E-state index in [-0.39, 0.29) is 4.90 Å². The van der Waals surface area contributed by atoms with Crippen LogP contribution in [0, 0.1) is 0 Å². The summed E-state index contributed by atoms with van der Waals surface area (Å²) in [5.41, 5.74) is 0. The van der Waals surface area contributed by atoms with E-state index in [0.717, 1.165) is 7.11 Å². The molecule has 0 radical (unpaired) electrons. The van der Waals surface area contributed by atoms with Crippen LogP contribution in [0.15, 0.2) is 29.2 Å². The molecule has 0 amide bonds. The molecule has 1 rings (SSSR count). The Bertz CT molecular complexity index is 544. The van der Waals surface area contributed by atoms with E-state index in [9.17, 15) is 8.42 Å². The fourth-order valence-corrected chi connectivity index (χ4v) is 2.36. The van der Waals surface area contributed by atoms with Gasteiger partial charge in [0, 0.05) is 7.11 Å². The standard InChI is InChI=1S/C16H26O8S/c1-19-7-8-21-9-10-22-11-12-23-13-14-24-15-3-5-16(6-4-15)25(17,18)20-2/h3-6H,7-14H2,1-2H3. The highest BCUT2D eigenvalue weighted by atomic mass is 32.2. The third-order valence-corrected chi connectivity index (χ3v) is 4.29. The van der Waals surface area contributed by atoms with Gasteiger partial charge in [-0.25, -0.2) is 0 Å². The molecule has 25 heavy (non-hydrogen) atoms. The Morgan fingerprint density at radius 2 is 1.20 bits per heavy atom. The minimum Gasteiger partial charge on any atom is -0.491 e. The van der Waals surface area contributed by atoms with E-state index in [1.54, 1.807) is 19.2 Å². The summed E-state index contributed by atoms with van der Waals surface area (Å²) in [6, 6.07) is 5.99. The lowest BCUT2D eigenvalue weighted by atomic mass is 10.3. The summed E-state index contributed by atoms with van der Waals surface area (Å²) >= 11 is 0. The molecule has 0 aromatic heterocycles. The van der Waals surface area contributed by atoms with Crippen LogP contribution in [0.1, 0.15) is 0 Å². The van der Waals surface area contributed by atoms with Gasteiger partial charge in [-0.05, 0) is 24.3 Å². The molecule has 0 aliphatic rings. The fraction of sp³-hybridized carbons (Fsp3) is 0.625. The Morgan fingerprint density at radius 1 is 0.720 bits per heavy atom. The monoisotopic (exact) mass is 378 g/mol. The highest BCUT2D eigenvalue weighted by molar-refractivity contribution is 7.86. The number of methoxy groups -OCH3 is 1. The van der Waals surface area contributed by atoms with Crippen molar-refractivity contribution in [2.45, 2.75) is 4.90 Å². The number of benzene rings is 1. The Labute approximate surface area is 149 Å². The third kappa shape index (κ3) is 9.73. The summed E-state index contributed by atoms with van der Waals surface area (Å²) in [6.07, 6.45) is 0. The van der Waals surface area contributed by atoms with Crippen LogP contribution >= 0.6 is 0 Å². The van der Waals surface area contributed by atoms with Crippen LogP contribution < -0.4 is 4.74 Å². The second-order valence-corrected chi connectivity index (χ2v) is 6.48. The lowest BCUT2D eigenvalue weighted by Gasteiger charge is -2.08. The van der Waals surface area contributed by atoms with Crippen molar-refractivity contribution in [1.82, 2.24) is 0 Å². The molecule has 0 aliphatic heterocycles. The molecule has 0 heterocycles. The second kappa shape index (κ2) is 13.0. The van der Waals surface area contributed by atoms with Crippen LogP contribution in [-0.4, -0.2) is 75.5 Å². The van der Waals surface area contributed by atoms with Gasteiger partial charge in [-0.3, -0.25) is 4.18 Å². The zero-order valence-corrected chi connectivity index (χ0v) is 15.5. The minimum atomic E-state index is -3.67. The van der Waals surface area contributed by atoms with Crippen LogP contribution in [0.4, 0.5) is 0 Å². The maximum atomic E-state index is 11.5. The lowest BCUT2D eigenvalue weighted by molar-refractivity contribution is 0.000162. The van der Waals surface area contributed by atoms with Gasteiger partial charge >= 0.3 is 0 Å². The van der Waals surface area contributed by atoms with E-state index in [2.05, 4.69) is 4.18 Å². The molecular weight excluding hydrogens is 352 g/mol. The highest BCUT2D eigenvalue weighted by Gasteiger charge is 2.12. The molecule has 0 N–H and O–H groups in total. The molecule has 0 spiro atoms. The van der Waals surface area contributed by atoms with Gasteiger partial charge in [0.05, 0.1) is 58.3 Å². The third-order valence-electron chi connectivity index (χ3n) is 3.00. The van der Waals surface area contributed by atoms with Gasteiger partial charge in [0.1, 0.15) is 12.4 Å². The Hall–Kier alpha value is -1.23. The van der Waals surface area contributed by atoms with Crippen LogP contribution in [0.5, 0.6) is 5.75 Å². The van der Waals surface area contributed by atoms with Crippen molar-refractivity contribution in [3.05, 3.63) is 24.3 Å². The van der Waals surface area contributed by atoms with Crippen molar-refractivity contribution in [3.63, 3.8) is 0 Å². The average Bonchev–Trinajstić information content (AvgIpc) is 2.63. The van der Waals surface area contributed by atoms with Crippen LogP contribution in [0.25, 0.3) is 0 Å². The van der Waals surface area contributed by atoms with Crippen LogP contribution in [0.2, 0.25) is 0 Å². The van der Waals surface area contributed by atoms with E-state index in [4.69, 9.17) is 23.7 Å². The molecule has 0 unspecified atom stereocenters. The molecule has 0 aliphatic carbocycles. The quantitative estimate of drug-likeness (QED) is 0.331. The van der Waals surface area contributed by atoms with Crippen LogP contribution in [0.3, 0.4) is 0 Å². The first kappa shape index (κ1) is 21.8. The molecule has 0 fully saturated rings. The highest BCUT2D eigenvalue weighted by Crippen LogP contribution is 2.17. The second-order valence-electron chi connectivity index (χ2n) is 4.77. The SMILES string of the molecule is COCCOCCOCCOCCOc1ccc(S(=O)(=O)OC)cc1. The first-order valence-corrected chi connectivity index (χ1v) is 9.26. The van der Waals surface area contributed by atoms with Gasteiger partial charge in [0.2, 0.25) is 0 Å². The molecule has 0 saturated heterocycles. The average molecular weight is 378 g/mol. The van der Waals surface area contributed by atoms with Crippen molar-refractivity contribution in [2.24, 2.45) is 0 Å². The lowest BCUT2D eigenvalue weighted by Crippen LogP contribution is -2.13. The predicted molar refractivity (Wildman–Crippen MR) is 90.5 cm³/mol. The fourth-order valence-electron chi connectivity index (χ4n) is 1.70. The largest absolute Gasteiger partial charge is 0.491 e. The van der Waals surface area contributed by atoms with Crippen molar-refractivity contribution in [3.8, 4) is 5.75 Å². The van der Waals surface area contributed by atoms with E-state index in [1.165, 1.54) is 12.1 Å². The number of ether oxygens (including phenoxy) is 5. The van der Waals surface area contributed by atoms with Gasteiger partial charge in [0.15, 0.2) is 0 Å². The normalized spacial score (nSPS) is 11.6. The van der Waals surface area contributed by atoms with Crippen molar-refractivity contribution in [2.75, 3.05) is 67.1 Å². The summed E-state index contributed by atoms with van der Waals surface area (Å²) in [4.78, 5) is 0.0851. The van der Waals surface area contributed by atoms with Crippen LogP contribution in [-0.2, 0) is 33.2 Å². The summed E-state index contributed by atoms with van der Waals surface area (Å²) in [5.74, 6) is 0.558. The minimum absolute atomic E-state index is 0.0851. The first-order valence-electron chi connectivity index (χ1n) is 7.86. The van der Waals surface area contributed by atoms with E-state index in [0.29, 0.717) is 58.6 Å². The predicted octanol–water partition coefficient (Wildman–Crippen LogP) is 1.10. The molecule has 9 heteroatoms. The molecule has 1 aromatic rings. The topological polar surface area (TPSA) is 89.5 Å². The van der Waals surface area contributed by atoms with Gasteiger partial charge in [-0.15, -0.1) is 0 Å². The maximum Gasteiger partial charge on any atom is 0.296 e. The smallest absolute Gasteiger partial charge is 0.296 e. The Kier molecular flexibility index (Phi) is 11.4. The zero-order valence-electron chi connectivity index (χ0n) is 14.6. The number of rotatable bonds is 15. The van der Waals surface area contributed by atoms with Gasteiger partial charge in [-0.2, -0.15) is 8.42 Å². The summed E-state index contributed by atoms with van der Waals surface area (Å²) < 4.78 is 53.6. The molecule has 0 saturated carbocycles. The van der Waals surface area contributed by atoms with E-state index in [1.807, 2.05) is 0 Å². The first-order chi connectivity index (χ1) is 12.1.